The van der Waals surface area contributed by atoms with E-state index in [4.69, 9.17) is 4.52 Å². The van der Waals surface area contributed by atoms with Gasteiger partial charge in [0, 0.05) is 44.4 Å². The molecule has 0 aliphatic carbocycles. The van der Waals surface area contributed by atoms with Crippen molar-refractivity contribution in [3.63, 3.8) is 0 Å². The summed E-state index contributed by atoms with van der Waals surface area (Å²) in [5.41, 5.74) is 3.46. The molecular weight excluding hydrogens is 499 g/mol. The van der Waals surface area contributed by atoms with Gasteiger partial charge in [0.05, 0.1) is 12.2 Å². The van der Waals surface area contributed by atoms with E-state index in [0.717, 1.165) is 22.6 Å². The van der Waals surface area contributed by atoms with Crippen LogP contribution >= 0.6 is 24.0 Å². The molecule has 0 spiro atoms. The average molecular weight is 526 g/mol. The van der Waals surface area contributed by atoms with E-state index in [9.17, 15) is 9.59 Å². The molecule has 1 aromatic heterocycles. The SMILES string of the molecule is CN=C(NCc1ccc(C(=O)N2CCNC(=O)C2)cc1)NCc1c(C)noc1C.I. The van der Waals surface area contributed by atoms with Crippen molar-refractivity contribution in [1.82, 2.24) is 26.0 Å². The lowest BCUT2D eigenvalue weighted by molar-refractivity contribution is -0.123. The molecule has 3 N–H and O–H groups in total. The number of nitrogens with one attached hydrogen (secondary N) is 3. The van der Waals surface area contributed by atoms with Gasteiger partial charge in [-0.3, -0.25) is 14.6 Å². The third kappa shape index (κ3) is 5.94. The predicted octanol–water partition coefficient (Wildman–Crippen LogP) is 1.35. The zero-order valence-electron chi connectivity index (χ0n) is 17.3. The van der Waals surface area contributed by atoms with Crippen molar-refractivity contribution >= 4 is 41.8 Å². The van der Waals surface area contributed by atoms with Crippen LogP contribution in [0.15, 0.2) is 33.8 Å². The van der Waals surface area contributed by atoms with Crippen LogP contribution in [0.1, 0.15) is 32.9 Å². The minimum atomic E-state index is -0.128. The number of piperazine rings is 1. The van der Waals surface area contributed by atoms with Crippen molar-refractivity contribution in [2.75, 3.05) is 26.7 Å². The second kappa shape index (κ2) is 11.0. The Balaban J connectivity index is 0.00000320. The monoisotopic (exact) mass is 526 g/mol. The van der Waals surface area contributed by atoms with E-state index in [1.165, 1.54) is 0 Å². The van der Waals surface area contributed by atoms with Gasteiger partial charge in [0.15, 0.2) is 5.96 Å². The summed E-state index contributed by atoms with van der Waals surface area (Å²) in [6, 6.07) is 7.36. The zero-order chi connectivity index (χ0) is 20.8. The van der Waals surface area contributed by atoms with Crippen LogP contribution < -0.4 is 16.0 Å². The fraction of sp³-hybridized carbons (Fsp3) is 0.400. The number of rotatable bonds is 5. The Hall–Kier alpha value is -2.63. The number of aliphatic imine (C=N–C) groups is 1. The second-order valence-electron chi connectivity index (χ2n) is 6.86. The van der Waals surface area contributed by atoms with Crippen LogP contribution in [0.25, 0.3) is 0 Å². The van der Waals surface area contributed by atoms with Crippen LogP contribution in [0.5, 0.6) is 0 Å². The van der Waals surface area contributed by atoms with Crippen LogP contribution in [-0.2, 0) is 17.9 Å². The van der Waals surface area contributed by atoms with Gasteiger partial charge >= 0.3 is 0 Å². The maximum atomic E-state index is 12.5. The molecule has 2 heterocycles. The van der Waals surface area contributed by atoms with E-state index >= 15 is 0 Å². The molecule has 1 saturated heterocycles. The Morgan fingerprint density at radius 3 is 2.53 bits per heavy atom. The molecule has 10 heteroatoms. The summed E-state index contributed by atoms with van der Waals surface area (Å²) in [7, 11) is 1.71. The number of hydrogen-bond donors (Lipinski definition) is 3. The maximum Gasteiger partial charge on any atom is 0.254 e. The van der Waals surface area contributed by atoms with E-state index in [1.807, 2.05) is 26.0 Å². The summed E-state index contributed by atoms with van der Waals surface area (Å²) < 4.78 is 5.17. The summed E-state index contributed by atoms with van der Waals surface area (Å²) in [6.45, 7) is 6.04. The highest BCUT2D eigenvalue weighted by atomic mass is 127. The summed E-state index contributed by atoms with van der Waals surface area (Å²) in [5.74, 6) is 1.19. The van der Waals surface area contributed by atoms with E-state index in [2.05, 4.69) is 26.1 Å². The minimum absolute atomic E-state index is 0. The van der Waals surface area contributed by atoms with Crippen molar-refractivity contribution in [3.8, 4) is 0 Å². The number of aromatic nitrogens is 1. The minimum Gasteiger partial charge on any atom is -0.361 e. The summed E-state index contributed by atoms with van der Waals surface area (Å²) in [4.78, 5) is 29.8. The standard InChI is InChI=1S/C20H26N6O3.HI/c1-13-17(14(2)29-25-13)11-24-20(21-3)23-10-15-4-6-16(7-5-15)19(28)26-9-8-22-18(27)12-26;/h4-7H,8-12H2,1-3H3,(H,22,27)(H2,21,23,24);1H. The molecule has 0 bridgehead atoms. The second-order valence-corrected chi connectivity index (χ2v) is 6.86. The predicted molar refractivity (Wildman–Crippen MR) is 124 cm³/mol. The first kappa shape index (κ1) is 23.6. The van der Waals surface area contributed by atoms with E-state index in [1.54, 1.807) is 24.1 Å². The molecule has 162 valence electrons. The van der Waals surface area contributed by atoms with Gasteiger partial charge < -0.3 is 25.4 Å². The normalized spacial score (nSPS) is 14.0. The van der Waals surface area contributed by atoms with Crippen molar-refractivity contribution in [1.29, 1.82) is 0 Å². The van der Waals surface area contributed by atoms with E-state index in [-0.39, 0.29) is 42.3 Å². The Morgan fingerprint density at radius 1 is 1.23 bits per heavy atom. The van der Waals surface area contributed by atoms with Crippen molar-refractivity contribution in [3.05, 3.63) is 52.4 Å². The van der Waals surface area contributed by atoms with E-state index < -0.39 is 0 Å². The maximum absolute atomic E-state index is 12.5. The Kier molecular flexibility index (Phi) is 8.63. The van der Waals surface area contributed by atoms with Crippen LogP contribution in [0.3, 0.4) is 0 Å². The number of carbonyl (C=O) groups is 2. The fourth-order valence-corrected chi connectivity index (χ4v) is 3.09. The molecule has 9 nitrogen and oxygen atoms in total. The first-order valence-corrected chi connectivity index (χ1v) is 9.49. The zero-order valence-corrected chi connectivity index (χ0v) is 19.6. The van der Waals surface area contributed by atoms with E-state index in [0.29, 0.717) is 37.7 Å². The molecule has 1 aliphatic heterocycles. The van der Waals surface area contributed by atoms with Gasteiger partial charge in [-0.15, -0.1) is 24.0 Å². The van der Waals surface area contributed by atoms with Crippen LogP contribution in [0, 0.1) is 13.8 Å². The largest absolute Gasteiger partial charge is 0.361 e. The summed E-state index contributed by atoms with van der Waals surface area (Å²) in [5, 5.41) is 13.1. The summed E-state index contributed by atoms with van der Waals surface area (Å²) >= 11 is 0. The number of aryl methyl sites for hydroxylation is 2. The molecule has 0 unspecified atom stereocenters. The molecule has 1 aliphatic rings. The molecule has 0 atom stereocenters. The molecule has 1 aromatic carbocycles. The van der Waals surface area contributed by atoms with Gasteiger partial charge in [-0.2, -0.15) is 0 Å². The Morgan fingerprint density at radius 2 is 1.93 bits per heavy atom. The lowest BCUT2D eigenvalue weighted by Gasteiger charge is -2.26. The van der Waals surface area contributed by atoms with Gasteiger partial charge in [0.2, 0.25) is 5.91 Å². The van der Waals surface area contributed by atoms with Gasteiger partial charge in [0.25, 0.3) is 5.91 Å². The molecule has 0 saturated carbocycles. The average Bonchev–Trinajstić information content (AvgIpc) is 3.05. The number of hydrogen-bond acceptors (Lipinski definition) is 5. The third-order valence-electron chi connectivity index (χ3n) is 4.82. The van der Waals surface area contributed by atoms with Gasteiger partial charge in [-0.25, -0.2) is 0 Å². The number of nitrogens with zero attached hydrogens (tertiary/aromatic N) is 3. The first-order valence-electron chi connectivity index (χ1n) is 9.49. The van der Waals surface area contributed by atoms with Crippen LogP contribution in [0.2, 0.25) is 0 Å². The molecule has 2 aromatic rings. The Bertz CT molecular complexity index is 890. The van der Waals surface area contributed by atoms with Gasteiger partial charge in [0.1, 0.15) is 5.76 Å². The van der Waals surface area contributed by atoms with Crippen LogP contribution in [-0.4, -0.2) is 54.5 Å². The molecule has 30 heavy (non-hydrogen) atoms. The molecule has 0 radical (unpaired) electrons. The molecule has 1 fully saturated rings. The number of benzene rings is 1. The third-order valence-corrected chi connectivity index (χ3v) is 4.82. The summed E-state index contributed by atoms with van der Waals surface area (Å²) in [6.07, 6.45) is 0. The topological polar surface area (TPSA) is 112 Å². The lowest BCUT2D eigenvalue weighted by atomic mass is 10.1. The van der Waals surface area contributed by atoms with Crippen LogP contribution in [0.4, 0.5) is 0 Å². The lowest BCUT2D eigenvalue weighted by Crippen LogP contribution is -2.49. The van der Waals surface area contributed by atoms with Crippen molar-refractivity contribution in [2.45, 2.75) is 26.9 Å². The molecular formula is C20H27IN6O3. The smallest absolute Gasteiger partial charge is 0.254 e. The van der Waals surface area contributed by atoms with Crippen molar-refractivity contribution < 1.29 is 14.1 Å². The molecule has 2 amide bonds. The first-order chi connectivity index (χ1) is 14.0. The van der Waals surface area contributed by atoms with Gasteiger partial charge in [-0.05, 0) is 31.5 Å². The van der Waals surface area contributed by atoms with Crippen molar-refractivity contribution in [2.24, 2.45) is 4.99 Å². The highest BCUT2D eigenvalue weighted by molar-refractivity contribution is 14.0. The Labute approximate surface area is 192 Å². The van der Waals surface area contributed by atoms with Gasteiger partial charge in [-0.1, -0.05) is 17.3 Å². The molecule has 3 rings (SSSR count). The highest BCUT2D eigenvalue weighted by Gasteiger charge is 2.22. The number of guanidine groups is 1. The fourth-order valence-electron chi connectivity index (χ4n) is 3.09. The quantitative estimate of drug-likeness (QED) is 0.308. The number of amides is 2. The number of halogens is 1. The highest BCUT2D eigenvalue weighted by Crippen LogP contribution is 2.11. The number of carbonyl (C=O) groups excluding carboxylic acids is 2.